The summed E-state index contributed by atoms with van der Waals surface area (Å²) < 4.78 is 1.68. The first-order valence-electron chi connectivity index (χ1n) is 13.5. The van der Waals surface area contributed by atoms with Crippen molar-refractivity contribution in [3.05, 3.63) is 130 Å². The third-order valence-corrected chi connectivity index (χ3v) is 7.30. The molecule has 5 rings (SSSR count). The molecule has 206 valence electrons. The zero-order chi connectivity index (χ0) is 28.9. The van der Waals surface area contributed by atoms with Gasteiger partial charge in [-0.3, -0.25) is 9.59 Å². The van der Waals surface area contributed by atoms with Crippen molar-refractivity contribution < 1.29 is 14.8 Å². The second-order valence-electron chi connectivity index (χ2n) is 10.3. The van der Waals surface area contributed by atoms with Crippen molar-refractivity contribution in [1.29, 1.82) is 0 Å². The smallest absolute Gasteiger partial charge is 0.423 e. The quantitative estimate of drug-likeness (QED) is 0.184. The fourth-order valence-corrected chi connectivity index (χ4v) is 5.21. The van der Waals surface area contributed by atoms with E-state index in [0.717, 1.165) is 38.8 Å². The van der Waals surface area contributed by atoms with Gasteiger partial charge < -0.3 is 24.8 Å². The Morgan fingerprint density at radius 2 is 1.59 bits per heavy atom. The third kappa shape index (κ3) is 6.00. The van der Waals surface area contributed by atoms with Crippen LogP contribution in [0.15, 0.2) is 102 Å². The predicted molar refractivity (Wildman–Crippen MR) is 166 cm³/mol. The number of nitrogens with one attached hydrogen (secondary N) is 1. The molecule has 0 aliphatic heterocycles. The fraction of sp³-hybridized carbons (Fsp3) is 0.152. The Morgan fingerprint density at radius 3 is 2.32 bits per heavy atom. The van der Waals surface area contributed by atoms with Gasteiger partial charge in [-0.15, -0.1) is 0 Å². The lowest BCUT2D eigenvalue weighted by Crippen LogP contribution is -2.34. The van der Waals surface area contributed by atoms with Crippen LogP contribution in [0.1, 0.15) is 27.0 Å². The lowest BCUT2D eigenvalue weighted by Gasteiger charge is -2.20. The van der Waals surface area contributed by atoms with Crippen molar-refractivity contribution in [3.8, 4) is 11.1 Å². The summed E-state index contributed by atoms with van der Waals surface area (Å²) in [6, 6.07) is 30.7. The molecule has 0 spiro atoms. The minimum Gasteiger partial charge on any atom is -0.423 e. The largest absolute Gasteiger partial charge is 0.488 e. The molecular weight excluding hydrogens is 513 g/mol. The molecule has 3 N–H and O–H groups in total. The number of aldehydes is 1. The minimum absolute atomic E-state index is 0.127. The SMILES string of the molecule is CN(C)c1ccc2c(-c3cccc(CNCc4ccccc4B(O)O)c3)c(C=O)c(=O)n(Cc3ccccc3)c2c1. The molecule has 0 radical (unpaired) electrons. The average Bonchev–Trinajstić information content (AvgIpc) is 2.98. The molecule has 8 heteroatoms. The molecule has 5 aromatic rings. The molecule has 0 saturated heterocycles. The number of hydrogen-bond acceptors (Lipinski definition) is 6. The highest BCUT2D eigenvalue weighted by molar-refractivity contribution is 6.59. The van der Waals surface area contributed by atoms with Crippen LogP contribution in [0, 0.1) is 0 Å². The van der Waals surface area contributed by atoms with Gasteiger partial charge in [0.25, 0.3) is 5.56 Å². The van der Waals surface area contributed by atoms with E-state index in [1.54, 1.807) is 16.7 Å². The number of carbonyl (C=O) groups is 1. The zero-order valence-electron chi connectivity index (χ0n) is 23.1. The van der Waals surface area contributed by atoms with Gasteiger partial charge in [-0.25, -0.2) is 0 Å². The van der Waals surface area contributed by atoms with Gasteiger partial charge in [0.1, 0.15) is 0 Å². The molecule has 0 unspecified atom stereocenters. The van der Waals surface area contributed by atoms with E-state index in [1.807, 2.05) is 104 Å². The van der Waals surface area contributed by atoms with Gasteiger partial charge in [-0.05, 0) is 45.9 Å². The minimum atomic E-state index is -1.54. The summed E-state index contributed by atoms with van der Waals surface area (Å²) in [5, 5.41) is 23.5. The highest BCUT2D eigenvalue weighted by Crippen LogP contribution is 2.33. The molecular formula is C33H32BN3O4. The summed E-state index contributed by atoms with van der Waals surface area (Å²) in [6.07, 6.45) is 0.667. The number of benzene rings is 4. The number of carbonyl (C=O) groups excluding carboxylic acids is 1. The summed E-state index contributed by atoms with van der Waals surface area (Å²) in [6.45, 7) is 1.30. The monoisotopic (exact) mass is 545 g/mol. The fourth-order valence-electron chi connectivity index (χ4n) is 5.21. The second kappa shape index (κ2) is 12.3. The van der Waals surface area contributed by atoms with Crippen molar-refractivity contribution in [2.75, 3.05) is 19.0 Å². The third-order valence-electron chi connectivity index (χ3n) is 7.30. The molecule has 0 atom stereocenters. The van der Waals surface area contributed by atoms with E-state index in [-0.39, 0.29) is 11.1 Å². The maximum Gasteiger partial charge on any atom is 0.488 e. The molecule has 4 aromatic carbocycles. The Balaban J connectivity index is 1.56. The molecule has 1 aromatic heterocycles. The van der Waals surface area contributed by atoms with Gasteiger partial charge >= 0.3 is 7.12 Å². The maximum absolute atomic E-state index is 13.9. The van der Waals surface area contributed by atoms with Gasteiger partial charge in [-0.1, -0.05) is 78.9 Å². The average molecular weight is 545 g/mol. The van der Waals surface area contributed by atoms with E-state index in [9.17, 15) is 19.6 Å². The Bertz CT molecular complexity index is 1750. The molecule has 0 aliphatic rings. The van der Waals surface area contributed by atoms with E-state index in [0.29, 0.717) is 36.9 Å². The lowest BCUT2D eigenvalue weighted by molar-refractivity contribution is 0.112. The van der Waals surface area contributed by atoms with Gasteiger partial charge in [-0.2, -0.15) is 0 Å². The summed E-state index contributed by atoms with van der Waals surface area (Å²) in [4.78, 5) is 28.3. The second-order valence-corrected chi connectivity index (χ2v) is 10.3. The first-order chi connectivity index (χ1) is 19.9. The number of aromatic nitrogens is 1. The van der Waals surface area contributed by atoms with Crippen molar-refractivity contribution >= 4 is 35.5 Å². The number of rotatable bonds is 10. The molecule has 41 heavy (non-hydrogen) atoms. The summed E-state index contributed by atoms with van der Waals surface area (Å²) >= 11 is 0. The van der Waals surface area contributed by atoms with Crippen LogP contribution in [0.4, 0.5) is 5.69 Å². The van der Waals surface area contributed by atoms with E-state index >= 15 is 0 Å². The molecule has 0 amide bonds. The van der Waals surface area contributed by atoms with E-state index in [4.69, 9.17) is 0 Å². The highest BCUT2D eigenvalue weighted by Gasteiger charge is 2.19. The van der Waals surface area contributed by atoms with Gasteiger partial charge in [0.2, 0.25) is 0 Å². The Labute approximate surface area is 239 Å². The normalized spacial score (nSPS) is 11.0. The molecule has 7 nitrogen and oxygen atoms in total. The Morgan fingerprint density at radius 1 is 0.854 bits per heavy atom. The number of anilines is 1. The van der Waals surface area contributed by atoms with Crippen LogP contribution >= 0.6 is 0 Å². The molecule has 1 heterocycles. The Hall–Kier alpha value is -4.50. The standard InChI is InChI=1S/C33H32BN3O4/c1-36(2)27-15-16-28-31(18-27)37(21-23-9-4-3-5-10-23)33(39)29(22-38)32(28)25-13-8-11-24(17-25)19-35-20-26-12-6-7-14-30(26)34(40)41/h3-18,22,35,40-41H,19-21H2,1-2H3. The van der Waals surface area contributed by atoms with Crippen molar-refractivity contribution in [1.82, 2.24) is 9.88 Å². The van der Waals surface area contributed by atoms with Crippen LogP contribution in [0.2, 0.25) is 0 Å². The van der Waals surface area contributed by atoms with Crippen molar-refractivity contribution in [3.63, 3.8) is 0 Å². The summed E-state index contributed by atoms with van der Waals surface area (Å²) in [7, 11) is 2.37. The first kappa shape index (κ1) is 28.0. The molecule has 0 bridgehead atoms. The van der Waals surface area contributed by atoms with E-state index < -0.39 is 7.12 Å². The van der Waals surface area contributed by atoms with E-state index in [1.165, 1.54) is 0 Å². The maximum atomic E-state index is 13.9. The van der Waals surface area contributed by atoms with Crippen molar-refractivity contribution in [2.24, 2.45) is 0 Å². The molecule has 0 aliphatic carbocycles. The molecule has 0 saturated carbocycles. The van der Waals surface area contributed by atoms with Crippen LogP contribution < -0.4 is 21.2 Å². The first-order valence-corrected chi connectivity index (χ1v) is 13.5. The topological polar surface area (TPSA) is 94.8 Å². The predicted octanol–water partition coefficient (Wildman–Crippen LogP) is 3.56. The van der Waals surface area contributed by atoms with E-state index in [2.05, 4.69) is 5.32 Å². The lowest BCUT2D eigenvalue weighted by atomic mass is 9.77. The molecule has 0 fully saturated rings. The van der Waals surface area contributed by atoms with Crippen LogP contribution in [-0.2, 0) is 19.6 Å². The number of pyridine rings is 1. The van der Waals surface area contributed by atoms with Gasteiger partial charge in [0, 0.05) is 43.8 Å². The Kier molecular flexibility index (Phi) is 8.45. The number of hydrogen-bond donors (Lipinski definition) is 3. The van der Waals surface area contributed by atoms with Gasteiger partial charge in [0.15, 0.2) is 6.29 Å². The number of fused-ring (bicyclic) bond motifs is 1. The van der Waals surface area contributed by atoms with Gasteiger partial charge in [0.05, 0.1) is 17.6 Å². The highest BCUT2D eigenvalue weighted by atomic mass is 16.4. The van der Waals surface area contributed by atoms with Crippen molar-refractivity contribution in [2.45, 2.75) is 19.6 Å². The van der Waals surface area contributed by atoms with Crippen LogP contribution in [0.5, 0.6) is 0 Å². The number of nitrogens with zero attached hydrogens (tertiary/aromatic N) is 2. The zero-order valence-corrected chi connectivity index (χ0v) is 23.1. The summed E-state index contributed by atoms with van der Waals surface area (Å²) in [5.41, 5.74) is 6.10. The summed E-state index contributed by atoms with van der Waals surface area (Å²) in [5.74, 6) is 0. The van der Waals surface area contributed by atoms with Crippen LogP contribution in [0.3, 0.4) is 0 Å². The van der Waals surface area contributed by atoms with Crippen LogP contribution in [-0.4, -0.2) is 42.1 Å². The van der Waals surface area contributed by atoms with Crippen LogP contribution in [0.25, 0.3) is 22.0 Å².